The van der Waals surface area contributed by atoms with Gasteiger partial charge in [0.25, 0.3) is 0 Å². The maximum absolute atomic E-state index is 10.6. The number of hydrogen-bond acceptors (Lipinski definition) is 57. The van der Waals surface area contributed by atoms with Crippen LogP contribution in [0.25, 0.3) is 0 Å². The van der Waals surface area contributed by atoms with Crippen molar-refractivity contribution in [1.29, 1.82) is 0 Å². The molecule has 0 aliphatic carbocycles. The Morgan fingerprint density at radius 2 is 0.738 bits per heavy atom. The van der Waals surface area contributed by atoms with Crippen LogP contribution in [0.3, 0.4) is 0 Å². The van der Waals surface area contributed by atoms with E-state index in [-0.39, 0.29) is 101 Å². The minimum Gasteiger partial charge on any atom is -0.466 e. The van der Waals surface area contributed by atoms with Crippen LogP contribution in [0, 0.1) is 0 Å². The maximum atomic E-state index is 10.6. The van der Waals surface area contributed by atoms with Crippen molar-refractivity contribution in [2.75, 3.05) is 146 Å². The highest BCUT2D eigenvalue weighted by atomic mass is 19.1. The van der Waals surface area contributed by atoms with E-state index >= 15 is 0 Å². The quantitative estimate of drug-likeness (QED) is 0.0221. The van der Waals surface area contributed by atoms with E-state index in [4.69, 9.17) is 190 Å². The lowest BCUT2D eigenvalue weighted by Gasteiger charge is -2.43. The first-order valence-electron chi connectivity index (χ1n) is 42.9. The van der Waals surface area contributed by atoms with Gasteiger partial charge in [0, 0.05) is 72.5 Å². The number of aliphatic hydroxyl groups excluding tert-OH is 39. The van der Waals surface area contributed by atoms with Crippen LogP contribution >= 0.6 is 0 Å². The van der Waals surface area contributed by atoms with E-state index < -0.39 is 249 Å². The van der Waals surface area contributed by atoms with Gasteiger partial charge in [0.05, 0.1) is 66.5 Å². The van der Waals surface area contributed by atoms with Crippen molar-refractivity contribution in [3.63, 3.8) is 0 Å². The Bertz CT molecular complexity index is 3010. The first-order chi connectivity index (χ1) is 65.9. The third-order valence-electron chi connectivity index (χ3n) is 16.0. The highest BCUT2D eigenvalue weighted by Gasteiger charge is 2.59. The second kappa shape index (κ2) is 103. The van der Waals surface area contributed by atoms with E-state index in [1.165, 1.54) is 13.0 Å². The first-order valence-corrected chi connectivity index (χ1v) is 42.9. The third kappa shape index (κ3) is 70.5. The predicted octanol–water partition coefficient (Wildman–Crippen LogP) is -17.0. The molecule has 4 fully saturated rings. The Morgan fingerprint density at radius 3 is 1.01 bits per heavy atom. The van der Waals surface area contributed by atoms with Crippen molar-refractivity contribution in [2.45, 2.75) is 286 Å². The Labute approximate surface area is 813 Å². The molecule has 59 heteroatoms. The lowest BCUT2D eigenvalue weighted by molar-refractivity contribution is -0.383. The summed E-state index contributed by atoms with van der Waals surface area (Å²) < 4.78 is 64.6. The molecule has 0 amide bonds. The predicted molar refractivity (Wildman–Crippen MR) is 477 cm³/mol. The van der Waals surface area contributed by atoms with Crippen LogP contribution in [0.2, 0.25) is 0 Å². The van der Waals surface area contributed by atoms with Crippen LogP contribution in [0.1, 0.15) is 129 Å². The molecule has 0 bridgehead atoms. The van der Waals surface area contributed by atoms with Gasteiger partial charge in [-0.3, -0.25) is 23.6 Å². The molecule has 2 unspecified atom stereocenters. The summed E-state index contributed by atoms with van der Waals surface area (Å²) in [4.78, 5) is 71.4. The summed E-state index contributed by atoms with van der Waals surface area (Å²) in [6.07, 6.45) is -39.2. The molecule has 2 aromatic rings. The van der Waals surface area contributed by atoms with Crippen molar-refractivity contribution in [2.24, 2.45) is 0 Å². The molecule has 4 saturated heterocycles. The molecule has 0 radical (unpaired) electrons. The van der Waals surface area contributed by atoms with Crippen LogP contribution in [0.4, 0.5) is 4.39 Å². The van der Waals surface area contributed by atoms with Crippen LogP contribution in [0.15, 0.2) is 33.1 Å². The number of ether oxygens (including phenoxy) is 9. The molecule has 41 N–H and O–H groups in total. The number of carbonyl (C=O) groups excluding carboxylic acids is 7. The minimum atomic E-state index is -2.22. The van der Waals surface area contributed by atoms with Crippen molar-refractivity contribution in [3.05, 3.63) is 47.3 Å². The molecule has 0 aromatic carbocycles. The number of aldehydes is 4. The number of halogens is 1. The normalized spacial score (nSPS) is 25.1. The molecule has 29 atom stereocenters. The van der Waals surface area contributed by atoms with Gasteiger partial charge in [-0.15, -0.1) is 0 Å². The van der Waals surface area contributed by atoms with Gasteiger partial charge < -0.3 is 270 Å². The Balaban J connectivity index is -0.000000130. The van der Waals surface area contributed by atoms with E-state index in [0.717, 1.165) is 0 Å². The monoisotopic (exact) mass is 2100 g/mol. The standard InChI is InChI=1S/C12H22O11.2C8H16O6.C8H10O3.C7H12O3.3C6H12O6.C6H6O3.7C2H6O.CH3F.H2O/c13-1-4-6(16)8(18)9(19)11(21-4)23-12(3-15)10(20)7(17)5(2-14)22-12;1-2-13-8(4-10)7(12)6(11)5(3-9)14-8;1-2-13-8-7(12)6(11)5(10)4(3-9)14-8;1-2-10-6-8-4-3-7(5-9)11-8;1-3-10-7(9)5-4-6(2)8;3*7-1-3(9)5(11)6(12)4(10)2-8;7-3-5-1-2-6(4-8)9-5;7*1-2-3;1-2;/h4-11,13-20H,1-3H2;5-7,9-12H,2-4H2,1H3;4-12H,2-3H2,1H3;3-5H,2,6H2,1H3;3-5H2,1-2H3;3,5-9,11-12H,1-2H2;2*1,3-6,8-12H,2H2;1-3,8H,4H2;7*3H,2H2,1H3;1H3;1H2/t4-,5-,6-,7-,8+,9-,10+,11-,12+;5-,6-,7+,8?;4-,5-,6+,7-,8?;;;3-,5-,6-;2*3-,4-,5-,6-;;;;;;;;;;/m111..111........../s1. The van der Waals surface area contributed by atoms with E-state index in [1.54, 1.807) is 87.4 Å². The van der Waals surface area contributed by atoms with Gasteiger partial charge >= 0.3 is 5.97 Å². The van der Waals surface area contributed by atoms with Crippen LogP contribution in [-0.4, -0.2) is 570 Å². The van der Waals surface area contributed by atoms with Gasteiger partial charge in [0.1, 0.15) is 203 Å². The molecule has 0 saturated carbocycles. The fourth-order valence-corrected chi connectivity index (χ4v) is 9.18. The summed E-state index contributed by atoms with van der Waals surface area (Å²) in [6, 6.07) is 6.43. The second-order valence-electron chi connectivity index (χ2n) is 26.8. The maximum Gasteiger partial charge on any atom is 0.306 e. The molecule has 0 spiro atoms. The molecule has 6 rings (SSSR count). The van der Waals surface area contributed by atoms with Crippen LogP contribution in [-0.2, 0) is 79.8 Å². The number of esters is 1. The molecule has 4 aliphatic rings. The van der Waals surface area contributed by atoms with Crippen LogP contribution in [0.5, 0.6) is 0 Å². The molecular weight excluding hydrogens is 1930 g/mol. The average molecular weight is 2100 g/mol. The van der Waals surface area contributed by atoms with Gasteiger partial charge in [0.15, 0.2) is 55.0 Å². The Kier molecular flexibility index (Phi) is 117. The molecule has 141 heavy (non-hydrogen) atoms. The van der Waals surface area contributed by atoms with Gasteiger partial charge in [-0.05, 0) is 107 Å². The van der Waals surface area contributed by atoms with Gasteiger partial charge in [0.2, 0.25) is 11.6 Å². The molecule has 2 aromatic heterocycles. The van der Waals surface area contributed by atoms with Gasteiger partial charge in [-0.1, -0.05) is 0 Å². The highest BCUT2D eigenvalue weighted by molar-refractivity contribution is 5.84. The number of furan rings is 2. The number of carbonyl (C=O) groups is 7. The fourth-order valence-electron chi connectivity index (χ4n) is 9.18. The van der Waals surface area contributed by atoms with E-state index in [2.05, 4.69) is 4.74 Å². The SMILES string of the molecule is CCO.CCO.CCO.CCO.CCO.CCO.CCO.CCOC(=O)CCC(C)=O.CCOC1(CO)O[C@H](CO)[C@@H](O)[C@@H]1O.CCOC1O[C@H](CO)[C@@H](O)[C@H](O)[C@H]1O.CCOCc1ccc(C=O)o1.CF.O.O=C(CO)[C@@H](O)[C@H](O)[C@H](O)CO.O=C[C@@H](O)[C@@H](O)[C@H](O)[C@H](O)CO.O=C[C@@H](O)[C@@H](O)[C@H](O)[C@H](O)CO.O=Cc1ccc(CO)o1.OC[C@H]1O[C@@](CO)(O[C@H]2O[C@H](CO)[C@@H](O)[C@H](O)[C@H]2O)[C@@H](O)[C@@H]1O. The van der Waals surface area contributed by atoms with Crippen molar-refractivity contribution in [3.8, 4) is 0 Å². The summed E-state index contributed by atoms with van der Waals surface area (Å²) in [7, 11) is 0.500. The Morgan fingerprint density at radius 1 is 0.404 bits per heavy atom. The molecule has 6 heterocycles. The highest BCUT2D eigenvalue weighted by Crippen LogP contribution is 2.37. The average Bonchev–Trinajstić information content (AvgIpc) is 1.62. The zero-order chi connectivity index (χ0) is 112. The van der Waals surface area contributed by atoms with Crippen molar-refractivity contribution >= 4 is 42.7 Å². The Hall–Kier alpha value is -5.94. The topological polar surface area (TPSA) is 1050 Å². The third-order valence-corrected chi connectivity index (χ3v) is 16.0. The smallest absolute Gasteiger partial charge is 0.306 e. The first kappa shape index (κ1) is 160. The van der Waals surface area contributed by atoms with Gasteiger partial charge in [-0.25, -0.2) is 0 Å². The minimum absolute atomic E-state index is 0. The van der Waals surface area contributed by atoms with E-state index in [1.807, 2.05) is 6.92 Å². The largest absolute Gasteiger partial charge is 0.466 e. The van der Waals surface area contributed by atoms with Gasteiger partial charge in [-0.2, -0.15) is 0 Å². The number of hydrogen-bond donors (Lipinski definition) is 39. The number of Topliss-reactive ketones (excluding diaryl/α,β-unsaturated/α-hetero) is 2. The summed E-state index contributed by atoms with van der Waals surface area (Å²) in [5.41, 5.74) is 0. The summed E-state index contributed by atoms with van der Waals surface area (Å²) >= 11 is 0. The number of aliphatic hydroxyl groups is 39. The summed E-state index contributed by atoms with van der Waals surface area (Å²) in [6.45, 7) is 16.9. The number of ketones is 2. The lowest BCUT2D eigenvalue weighted by atomic mass is 9.99. The zero-order valence-corrected chi connectivity index (χ0v) is 81.1. The van der Waals surface area contributed by atoms with Crippen LogP contribution < -0.4 is 0 Å². The zero-order valence-electron chi connectivity index (χ0n) is 81.1. The van der Waals surface area contributed by atoms with Crippen molar-refractivity contribution < 1.29 is 294 Å². The fraction of sp³-hybridized carbons (Fsp3) is 0.817. The molecule has 58 nitrogen and oxygen atoms in total. The summed E-state index contributed by atoms with van der Waals surface area (Å²) in [5.74, 6) is -3.41. The molecule has 848 valence electrons. The second-order valence-corrected chi connectivity index (χ2v) is 26.8. The lowest BCUT2D eigenvalue weighted by Crippen LogP contribution is -2.62. The number of alkyl halides is 1. The molecular formula is C82H165FO58. The van der Waals surface area contributed by atoms with Crippen molar-refractivity contribution in [1.82, 2.24) is 0 Å². The molecule has 4 aliphatic heterocycles. The number of rotatable bonds is 37. The van der Waals surface area contributed by atoms with E-state index in [9.17, 15) is 94.1 Å². The summed E-state index contributed by atoms with van der Waals surface area (Å²) in [5, 5.41) is 342. The van der Waals surface area contributed by atoms with E-state index in [0.29, 0.717) is 69.9 Å².